The number of rotatable bonds is 10. The molecule has 0 aromatic heterocycles. The molecule has 0 radical (unpaired) electrons. The lowest BCUT2D eigenvalue weighted by molar-refractivity contribution is -0.138. The highest BCUT2D eigenvalue weighted by molar-refractivity contribution is 5.88. The van der Waals surface area contributed by atoms with E-state index in [1.54, 1.807) is 6.92 Å². The number of hydrogen-bond donors (Lipinski definition) is 5. The molecule has 0 aliphatic carbocycles. The van der Waals surface area contributed by atoms with Crippen molar-refractivity contribution in [1.29, 1.82) is 0 Å². The summed E-state index contributed by atoms with van der Waals surface area (Å²) in [6.07, 6.45) is -1.28. The van der Waals surface area contributed by atoms with Crippen LogP contribution in [0.25, 0.3) is 0 Å². The summed E-state index contributed by atoms with van der Waals surface area (Å²) in [6.45, 7) is 7.37. The summed E-state index contributed by atoms with van der Waals surface area (Å²) in [6, 6.07) is 0. The first-order valence-electron chi connectivity index (χ1n) is 7.82. The molecule has 2 atom stereocenters. The first kappa shape index (κ1) is 26.4. The summed E-state index contributed by atoms with van der Waals surface area (Å²) >= 11 is 0. The molecule has 5 N–H and O–H groups in total. The fourth-order valence-electron chi connectivity index (χ4n) is 1.77. The van der Waals surface area contributed by atoms with E-state index in [0.717, 1.165) is 7.11 Å². The van der Waals surface area contributed by atoms with Gasteiger partial charge in [-0.3, -0.25) is 0 Å². The molecular weight excluding hydrogens is 348 g/mol. The van der Waals surface area contributed by atoms with Crippen molar-refractivity contribution in [3.63, 3.8) is 0 Å². The molecule has 0 heterocycles. The molecule has 0 saturated heterocycles. The Morgan fingerprint density at radius 2 is 1.19 bits per heavy atom. The average molecular weight is 382 g/mol. The van der Waals surface area contributed by atoms with Gasteiger partial charge in [-0.15, -0.1) is 0 Å². The van der Waals surface area contributed by atoms with Crippen LogP contribution in [0.4, 0.5) is 0 Å². The normalized spacial score (nSPS) is 12.7. The molecule has 0 fully saturated rings. The van der Waals surface area contributed by atoms with Gasteiger partial charge in [0.15, 0.2) is 0 Å². The van der Waals surface area contributed by atoms with E-state index in [4.69, 9.17) is 20.4 Å². The zero-order valence-corrected chi connectivity index (χ0v) is 15.4. The first-order valence-corrected chi connectivity index (χ1v) is 7.82. The Balaban J connectivity index is -0.000000192. The maximum atomic E-state index is 11.0. The number of esters is 2. The number of aliphatic hydroxyl groups excluding tert-OH is 5. The van der Waals surface area contributed by atoms with Crippen molar-refractivity contribution < 1.29 is 47.4 Å². The highest BCUT2D eigenvalue weighted by atomic mass is 16.5. The predicted octanol–water partition coefficient (Wildman–Crippen LogP) is -0.878. The number of ether oxygens (including phenoxy) is 2. The van der Waals surface area contributed by atoms with E-state index in [-0.39, 0.29) is 39.0 Å². The average Bonchev–Trinajstić information content (AvgIpc) is 2.67. The molecular formula is C17H34O9. The van der Waals surface area contributed by atoms with Crippen molar-refractivity contribution in [3.05, 3.63) is 24.3 Å². The Labute approximate surface area is 156 Å². The summed E-state index contributed by atoms with van der Waals surface area (Å²) in [5.41, 5.74) is 0.103. The lowest BCUT2D eigenvalue weighted by Crippen LogP contribution is -2.31. The molecule has 26 heavy (non-hydrogen) atoms. The van der Waals surface area contributed by atoms with E-state index in [2.05, 4.69) is 22.6 Å². The number of methoxy groups -OCH3 is 2. The van der Waals surface area contributed by atoms with Gasteiger partial charge in [0.25, 0.3) is 0 Å². The Morgan fingerprint density at radius 1 is 0.846 bits per heavy atom. The lowest BCUT2D eigenvalue weighted by Gasteiger charge is -2.20. The van der Waals surface area contributed by atoms with Gasteiger partial charge in [-0.2, -0.15) is 0 Å². The summed E-state index contributed by atoms with van der Waals surface area (Å²) in [4.78, 5) is 21.8. The van der Waals surface area contributed by atoms with Gasteiger partial charge in [0.05, 0.1) is 39.1 Å². The highest BCUT2D eigenvalue weighted by Crippen LogP contribution is 2.19. The minimum Gasteiger partial charge on any atom is -0.466 e. The highest BCUT2D eigenvalue weighted by Gasteiger charge is 2.25. The Hall–Kier alpha value is -1.78. The van der Waals surface area contributed by atoms with Crippen LogP contribution in [0.2, 0.25) is 0 Å². The van der Waals surface area contributed by atoms with Crippen molar-refractivity contribution in [2.24, 2.45) is 17.8 Å². The monoisotopic (exact) mass is 382 g/mol. The second kappa shape index (κ2) is 14.4. The van der Waals surface area contributed by atoms with Crippen LogP contribution in [-0.2, 0) is 19.1 Å². The van der Waals surface area contributed by atoms with Gasteiger partial charge >= 0.3 is 11.9 Å². The summed E-state index contributed by atoms with van der Waals surface area (Å²) < 4.78 is 8.78. The van der Waals surface area contributed by atoms with Gasteiger partial charge in [0, 0.05) is 33.5 Å². The van der Waals surface area contributed by atoms with E-state index in [1.807, 2.05) is 0 Å². The van der Waals surface area contributed by atoms with Gasteiger partial charge in [0.2, 0.25) is 0 Å². The molecule has 0 bridgehead atoms. The Bertz CT molecular complexity index is 422. The third kappa shape index (κ3) is 8.54. The summed E-state index contributed by atoms with van der Waals surface area (Å²) in [7, 11) is 2.43. The summed E-state index contributed by atoms with van der Waals surface area (Å²) in [5, 5.41) is 44.4. The van der Waals surface area contributed by atoms with Crippen LogP contribution in [0.5, 0.6) is 0 Å². The van der Waals surface area contributed by atoms with E-state index in [0.29, 0.717) is 0 Å². The van der Waals surface area contributed by atoms with Crippen LogP contribution >= 0.6 is 0 Å². The second-order valence-corrected chi connectivity index (χ2v) is 5.52. The van der Waals surface area contributed by atoms with Gasteiger partial charge in [0.1, 0.15) is 0 Å². The molecule has 0 aliphatic heterocycles. The van der Waals surface area contributed by atoms with Crippen molar-refractivity contribution in [2.75, 3.05) is 40.6 Å². The molecule has 9 nitrogen and oxygen atoms in total. The maximum absolute atomic E-state index is 11.0. The minimum absolute atomic E-state index is 0. The molecule has 156 valence electrons. The summed E-state index contributed by atoms with van der Waals surface area (Å²) in [5.74, 6) is -2.68. The zero-order chi connectivity index (χ0) is 20.9. The van der Waals surface area contributed by atoms with Crippen molar-refractivity contribution in [1.82, 2.24) is 0 Å². The van der Waals surface area contributed by atoms with Gasteiger partial charge in [-0.1, -0.05) is 20.1 Å². The standard InChI is InChI=1S/C9H16O4.C8H14O5.2H2/c1-6(8(4-10)5-11)7(2)9(12)13-3;1-5(8(12)13-2)7(11)6(3-9)4-10;;/h6,8,10-11H,2,4-5H2,1,3H3;6-7,9-11H,1,3-4H2,2H3;2*1H/t6-;7-;;/m00../s1. The molecule has 0 aliphatic rings. The molecule has 9 heteroatoms. The van der Waals surface area contributed by atoms with Gasteiger partial charge < -0.3 is 35.0 Å². The van der Waals surface area contributed by atoms with E-state index >= 15 is 0 Å². The van der Waals surface area contributed by atoms with Gasteiger partial charge in [-0.05, 0) is 5.92 Å². The largest absolute Gasteiger partial charge is 0.466 e. The fraction of sp³-hybridized carbons (Fsp3) is 0.647. The smallest absolute Gasteiger partial charge is 0.335 e. The third-order valence-corrected chi connectivity index (χ3v) is 3.89. The quantitative estimate of drug-likeness (QED) is 0.239. The van der Waals surface area contributed by atoms with Gasteiger partial charge in [-0.25, -0.2) is 9.59 Å². The molecule has 0 unspecified atom stereocenters. The maximum Gasteiger partial charge on any atom is 0.335 e. The Kier molecular flexibility index (Phi) is 14.6. The molecule has 0 rings (SSSR count). The zero-order valence-electron chi connectivity index (χ0n) is 15.4. The van der Waals surface area contributed by atoms with Crippen LogP contribution < -0.4 is 0 Å². The van der Waals surface area contributed by atoms with Crippen LogP contribution in [0.1, 0.15) is 9.78 Å². The number of hydrogen-bond acceptors (Lipinski definition) is 9. The molecule has 0 amide bonds. The SMILES string of the molecule is C=C(C(=O)OC)[C@H](C)C(CO)CO.C=C(C(=O)OC)[C@H](O)C(CO)CO.[HH].[HH]. The second-order valence-electron chi connectivity index (χ2n) is 5.52. The van der Waals surface area contributed by atoms with Crippen molar-refractivity contribution >= 4 is 11.9 Å². The minimum atomic E-state index is -1.28. The van der Waals surface area contributed by atoms with Crippen LogP contribution in [-0.4, -0.2) is 84.2 Å². The van der Waals surface area contributed by atoms with E-state index in [9.17, 15) is 14.7 Å². The van der Waals surface area contributed by atoms with Crippen LogP contribution in [0, 0.1) is 17.8 Å². The van der Waals surface area contributed by atoms with E-state index < -0.39 is 37.2 Å². The molecule has 0 saturated carbocycles. The lowest BCUT2D eigenvalue weighted by atomic mass is 9.89. The van der Waals surface area contributed by atoms with Crippen LogP contribution in [0.3, 0.4) is 0 Å². The van der Waals surface area contributed by atoms with E-state index in [1.165, 1.54) is 7.11 Å². The van der Waals surface area contributed by atoms with Crippen molar-refractivity contribution in [3.8, 4) is 0 Å². The number of aliphatic hydroxyl groups is 5. The first-order chi connectivity index (χ1) is 12.2. The molecule has 0 aromatic rings. The third-order valence-electron chi connectivity index (χ3n) is 3.89. The molecule has 0 aromatic carbocycles. The number of carbonyl (C=O) groups is 2. The fourth-order valence-corrected chi connectivity index (χ4v) is 1.77. The predicted molar refractivity (Wildman–Crippen MR) is 97.0 cm³/mol. The van der Waals surface area contributed by atoms with Crippen molar-refractivity contribution in [2.45, 2.75) is 13.0 Å². The molecule has 0 spiro atoms. The topological polar surface area (TPSA) is 154 Å². The van der Waals surface area contributed by atoms with Crippen LogP contribution in [0.15, 0.2) is 24.3 Å². The Morgan fingerprint density at radius 3 is 1.50 bits per heavy atom. The number of carbonyl (C=O) groups excluding carboxylic acids is 2.